The van der Waals surface area contributed by atoms with Gasteiger partial charge in [0.15, 0.2) is 5.12 Å². The summed E-state index contributed by atoms with van der Waals surface area (Å²) < 4.78 is 32.0. The maximum absolute atomic E-state index is 15.2. The summed E-state index contributed by atoms with van der Waals surface area (Å²) >= 11 is 21.2. The molecule has 1 saturated heterocycles. The fourth-order valence-electron chi connectivity index (χ4n) is 8.58. The predicted molar refractivity (Wildman–Crippen MR) is 184 cm³/mol. The lowest BCUT2D eigenvalue weighted by Gasteiger charge is -2.62. The number of hydrogen-bond acceptors (Lipinski definition) is 3. The molecule has 3 aromatic rings. The topological polar surface area (TPSA) is 49.4 Å². The second-order valence-corrected chi connectivity index (χ2v) is 16.5. The minimum absolute atomic E-state index is 0.132. The van der Waals surface area contributed by atoms with E-state index in [2.05, 4.69) is 59.0 Å². The van der Waals surface area contributed by atoms with Crippen LogP contribution in [0.2, 0.25) is 10.0 Å². The Morgan fingerprint density at radius 1 is 0.795 bits per heavy atom. The molecule has 8 heteroatoms. The fraction of sp³-hybridized carbons (Fsp3) is 0.500. The minimum atomic E-state index is -4.10. The number of rotatable bonds is 8. The van der Waals surface area contributed by atoms with Gasteiger partial charge in [-0.1, -0.05) is 143 Å². The summed E-state index contributed by atoms with van der Waals surface area (Å²) in [5.41, 5.74) is 1.74. The van der Waals surface area contributed by atoms with E-state index in [9.17, 15) is 0 Å². The summed E-state index contributed by atoms with van der Waals surface area (Å²) in [6, 6.07) is 24.0. The van der Waals surface area contributed by atoms with Gasteiger partial charge in [-0.3, -0.25) is 5.32 Å². The highest BCUT2D eigenvalue weighted by atomic mass is 35.5. The maximum Gasteiger partial charge on any atom is 0.221 e. The number of halogens is 3. The Balaban J connectivity index is 1.82. The first-order chi connectivity index (χ1) is 20.8. The van der Waals surface area contributed by atoms with Crippen molar-refractivity contribution in [2.45, 2.75) is 77.3 Å². The van der Waals surface area contributed by atoms with Gasteiger partial charge in [0, 0.05) is 15.5 Å². The highest BCUT2D eigenvalue weighted by molar-refractivity contribution is 7.88. The smallest absolute Gasteiger partial charge is 0.221 e. The molecule has 1 heterocycles. The van der Waals surface area contributed by atoms with E-state index < -0.39 is 26.6 Å². The molecule has 0 bridgehead atoms. The zero-order valence-corrected chi connectivity index (χ0v) is 29.6. The van der Waals surface area contributed by atoms with Crippen LogP contribution >= 0.6 is 34.8 Å². The number of hydrogen-bond donors (Lipinski definition) is 1. The van der Waals surface area contributed by atoms with Crippen LogP contribution in [0.4, 0.5) is 0 Å². The van der Waals surface area contributed by atoms with Crippen LogP contribution in [0.15, 0.2) is 78.9 Å². The molecule has 1 saturated carbocycles. The third-order valence-corrected chi connectivity index (χ3v) is 14.4. The Morgan fingerprint density at radius 3 is 1.89 bits per heavy atom. The molecule has 0 radical (unpaired) electrons. The highest BCUT2D eigenvalue weighted by Crippen LogP contribution is 2.66. The van der Waals surface area contributed by atoms with Crippen molar-refractivity contribution in [2.75, 3.05) is 0 Å². The number of nitrogens with one attached hydrogen (secondary N) is 1. The van der Waals surface area contributed by atoms with Gasteiger partial charge in [0.05, 0.1) is 17.8 Å². The quantitative estimate of drug-likeness (QED) is 0.191. The van der Waals surface area contributed by atoms with E-state index >= 15 is 8.42 Å². The summed E-state index contributed by atoms with van der Waals surface area (Å²) in [5, 5.41) is 3.23. The average molecular weight is 676 g/mol. The molecular formula is C36H45Cl3N2O2S. The lowest BCUT2D eigenvalue weighted by molar-refractivity contribution is -0.125. The van der Waals surface area contributed by atoms with Crippen molar-refractivity contribution >= 4 is 44.8 Å². The van der Waals surface area contributed by atoms with Crippen molar-refractivity contribution in [1.29, 1.82) is 0 Å². The second-order valence-electron chi connectivity index (χ2n) is 13.2. The highest BCUT2D eigenvalue weighted by Gasteiger charge is 2.70. The molecule has 238 valence electrons. The molecular weight excluding hydrogens is 631 g/mol. The van der Waals surface area contributed by atoms with Crippen molar-refractivity contribution in [3.05, 3.63) is 106 Å². The predicted octanol–water partition coefficient (Wildman–Crippen LogP) is 10.1. The first-order valence-electron chi connectivity index (χ1n) is 15.8. The molecule has 2 aliphatic rings. The SMILES string of the molecule is CCCC1(C2(Cl)NC(c3ccccc3)C(c3ccccc3)N2S(=O)(=O)Cc2cc(Cl)ccc2Cl)C(C)C(C)C(C)C(C)C1C. The van der Waals surface area contributed by atoms with Crippen molar-refractivity contribution in [3.8, 4) is 0 Å². The van der Waals surface area contributed by atoms with Gasteiger partial charge in [0.25, 0.3) is 0 Å². The molecule has 7 unspecified atom stereocenters. The monoisotopic (exact) mass is 674 g/mol. The van der Waals surface area contributed by atoms with Crippen molar-refractivity contribution in [1.82, 2.24) is 9.62 Å². The lowest BCUT2D eigenvalue weighted by atomic mass is 9.48. The van der Waals surface area contributed by atoms with Crippen molar-refractivity contribution in [2.24, 2.45) is 35.0 Å². The summed E-state index contributed by atoms with van der Waals surface area (Å²) in [6.45, 7) is 13.7. The zero-order chi connectivity index (χ0) is 32.0. The summed E-state index contributed by atoms with van der Waals surface area (Å²) in [5.74, 6) is 1.09. The summed E-state index contributed by atoms with van der Waals surface area (Å²) in [6.07, 6.45) is 1.65. The van der Waals surface area contributed by atoms with Crippen LogP contribution in [0.25, 0.3) is 0 Å². The van der Waals surface area contributed by atoms with Crippen LogP contribution in [0, 0.1) is 35.0 Å². The Kier molecular flexibility index (Phi) is 9.89. The maximum atomic E-state index is 15.2. The van der Waals surface area contributed by atoms with Crippen LogP contribution < -0.4 is 5.32 Å². The zero-order valence-electron chi connectivity index (χ0n) is 26.5. The van der Waals surface area contributed by atoms with Crippen LogP contribution in [0.3, 0.4) is 0 Å². The van der Waals surface area contributed by atoms with E-state index in [1.54, 1.807) is 22.5 Å². The molecule has 2 fully saturated rings. The molecule has 0 amide bonds. The van der Waals surface area contributed by atoms with Crippen LogP contribution in [0.1, 0.15) is 83.2 Å². The lowest BCUT2D eigenvalue weighted by Crippen LogP contribution is -2.69. The van der Waals surface area contributed by atoms with Crippen molar-refractivity contribution < 1.29 is 8.42 Å². The summed E-state index contributed by atoms with van der Waals surface area (Å²) in [4.78, 5) is 0. The minimum Gasteiger partial charge on any atom is -0.276 e. The van der Waals surface area contributed by atoms with E-state index in [0.29, 0.717) is 33.4 Å². The largest absolute Gasteiger partial charge is 0.276 e. The number of nitrogens with zero attached hydrogens (tertiary/aromatic N) is 1. The van der Waals surface area contributed by atoms with E-state index in [1.165, 1.54) is 0 Å². The number of benzene rings is 3. The van der Waals surface area contributed by atoms with Crippen LogP contribution in [-0.4, -0.2) is 17.8 Å². The number of sulfonamides is 1. The first-order valence-corrected chi connectivity index (χ1v) is 18.6. The van der Waals surface area contributed by atoms with Gasteiger partial charge in [0.1, 0.15) is 0 Å². The van der Waals surface area contributed by atoms with Gasteiger partial charge in [-0.05, 0) is 70.9 Å². The number of alkyl halides is 1. The van der Waals surface area contributed by atoms with Gasteiger partial charge in [0.2, 0.25) is 10.0 Å². The average Bonchev–Trinajstić information content (AvgIpc) is 3.35. The standard InChI is InChI=1S/C36H45Cl3N2O2S/c1-7-20-35(26(5)24(3)23(2)25(4)27(35)6)36(39)40-33(28-14-10-8-11-15-28)34(29-16-12-9-13-17-29)41(36)44(42,43)22-30-21-31(37)18-19-32(30)38/h8-19,21,23-27,33-34,40H,7,20,22H2,1-6H3. The Morgan fingerprint density at radius 2 is 1.34 bits per heavy atom. The Bertz CT molecular complexity index is 1540. The normalized spacial score (nSPS) is 34.7. The molecule has 0 aromatic heterocycles. The van der Waals surface area contributed by atoms with Gasteiger partial charge in [-0.25, -0.2) is 8.42 Å². The molecule has 5 rings (SSSR count). The molecule has 7 atom stereocenters. The molecule has 3 aromatic carbocycles. The van der Waals surface area contributed by atoms with Gasteiger partial charge >= 0.3 is 0 Å². The van der Waals surface area contributed by atoms with E-state index in [4.69, 9.17) is 34.8 Å². The van der Waals surface area contributed by atoms with Crippen LogP contribution in [0.5, 0.6) is 0 Å². The third-order valence-electron chi connectivity index (χ3n) is 11.3. The molecule has 1 N–H and O–H groups in total. The van der Waals surface area contributed by atoms with Crippen molar-refractivity contribution in [3.63, 3.8) is 0 Å². The Hall–Kier alpha value is -1.60. The molecule has 0 spiro atoms. The van der Waals surface area contributed by atoms with Gasteiger partial charge in [-0.15, -0.1) is 0 Å². The fourth-order valence-corrected chi connectivity index (χ4v) is 12.0. The van der Waals surface area contributed by atoms with E-state index in [0.717, 1.165) is 24.0 Å². The molecule has 4 nitrogen and oxygen atoms in total. The molecule has 44 heavy (non-hydrogen) atoms. The Labute approximate surface area is 279 Å². The van der Waals surface area contributed by atoms with Gasteiger partial charge in [-0.2, -0.15) is 4.31 Å². The molecule has 1 aliphatic carbocycles. The molecule has 1 aliphatic heterocycles. The van der Waals surface area contributed by atoms with Crippen LogP contribution in [-0.2, 0) is 15.8 Å². The third kappa shape index (κ3) is 5.54. The first kappa shape index (κ1) is 33.8. The van der Waals surface area contributed by atoms with E-state index in [-0.39, 0.29) is 23.6 Å². The second kappa shape index (κ2) is 12.9. The summed E-state index contributed by atoms with van der Waals surface area (Å²) in [7, 11) is -4.10. The van der Waals surface area contributed by atoms with Gasteiger partial charge < -0.3 is 0 Å². The van der Waals surface area contributed by atoms with E-state index in [1.807, 2.05) is 48.5 Å².